The first-order valence-corrected chi connectivity index (χ1v) is 5.69. The van der Waals surface area contributed by atoms with Crippen LogP contribution in [0.4, 0.5) is 4.79 Å². The quantitative estimate of drug-likeness (QED) is 0.839. The van der Waals surface area contributed by atoms with Gasteiger partial charge in [0.25, 0.3) is 0 Å². The Kier molecular flexibility index (Phi) is 2.41. The number of amides is 1. The molecule has 2 aromatic rings. The molecule has 0 aliphatic carbocycles. The first-order chi connectivity index (χ1) is 8.76. The predicted molar refractivity (Wildman–Crippen MR) is 65.0 cm³/mol. The van der Waals surface area contributed by atoms with E-state index >= 15 is 0 Å². The van der Waals surface area contributed by atoms with Gasteiger partial charge in [-0.05, 0) is 24.1 Å². The van der Waals surface area contributed by atoms with Crippen molar-refractivity contribution >= 4 is 17.0 Å². The smallest absolute Gasteiger partial charge is 0.407 e. The molecule has 2 N–H and O–H groups in total. The van der Waals surface area contributed by atoms with Crippen LogP contribution in [0.1, 0.15) is 11.1 Å². The van der Waals surface area contributed by atoms with E-state index in [1.165, 1.54) is 0 Å². The van der Waals surface area contributed by atoms with Gasteiger partial charge in [-0.25, -0.2) is 4.79 Å². The van der Waals surface area contributed by atoms with E-state index in [1.807, 2.05) is 18.2 Å². The van der Waals surface area contributed by atoms with Crippen LogP contribution >= 0.6 is 0 Å². The van der Waals surface area contributed by atoms with E-state index in [2.05, 4.69) is 16.4 Å². The van der Waals surface area contributed by atoms with Crippen molar-refractivity contribution in [1.82, 2.24) is 10.3 Å². The molecule has 1 aliphatic heterocycles. The second-order valence-electron chi connectivity index (χ2n) is 4.34. The standard InChI is InChI=1S/C13H11N3O2/c14-5-9-6-15-12-2-1-8(4-11(9)12)3-10-7-18-13(17)16-10/h1-2,4,6,10,15H,3,7H2,(H,16,17)/t10-/m0/s1. The summed E-state index contributed by atoms with van der Waals surface area (Å²) in [6.45, 7) is 0.398. The average molecular weight is 241 g/mol. The van der Waals surface area contributed by atoms with E-state index in [4.69, 9.17) is 10.00 Å². The Morgan fingerprint density at radius 1 is 1.50 bits per heavy atom. The third kappa shape index (κ3) is 1.78. The van der Waals surface area contributed by atoms with Crippen LogP contribution in [-0.4, -0.2) is 23.7 Å². The Morgan fingerprint density at radius 2 is 2.39 bits per heavy atom. The highest BCUT2D eigenvalue weighted by atomic mass is 16.6. The molecule has 1 aliphatic rings. The molecule has 1 saturated heterocycles. The molecule has 18 heavy (non-hydrogen) atoms. The molecule has 0 spiro atoms. The zero-order chi connectivity index (χ0) is 12.5. The van der Waals surface area contributed by atoms with E-state index in [9.17, 15) is 4.79 Å². The Morgan fingerprint density at radius 3 is 3.11 bits per heavy atom. The first-order valence-electron chi connectivity index (χ1n) is 5.69. The fourth-order valence-corrected chi connectivity index (χ4v) is 2.21. The largest absolute Gasteiger partial charge is 0.447 e. The topological polar surface area (TPSA) is 77.9 Å². The fourth-order valence-electron chi connectivity index (χ4n) is 2.21. The van der Waals surface area contributed by atoms with Gasteiger partial charge >= 0.3 is 6.09 Å². The van der Waals surface area contributed by atoms with Gasteiger partial charge in [-0.1, -0.05) is 6.07 Å². The summed E-state index contributed by atoms with van der Waals surface area (Å²) in [5.41, 5.74) is 2.66. The number of carbonyl (C=O) groups is 1. The maximum absolute atomic E-state index is 10.9. The number of ether oxygens (including phenoxy) is 1. The predicted octanol–water partition coefficient (Wildman–Crippen LogP) is 1.69. The number of carbonyl (C=O) groups excluding carboxylic acids is 1. The molecule has 2 heterocycles. The van der Waals surface area contributed by atoms with Crippen LogP contribution < -0.4 is 5.32 Å². The molecule has 3 rings (SSSR count). The maximum atomic E-state index is 10.9. The molecule has 0 unspecified atom stereocenters. The van der Waals surface area contributed by atoms with Crippen molar-refractivity contribution in [2.75, 3.05) is 6.61 Å². The molecule has 1 amide bonds. The molecule has 0 radical (unpaired) electrons. The number of aromatic nitrogens is 1. The van der Waals surface area contributed by atoms with E-state index in [1.54, 1.807) is 6.20 Å². The summed E-state index contributed by atoms with van der Waals surface area (Å²) in [7, 11) is 0. The minimum absolute atomic E-state index is 0.0134. The van der Waals surface area contributed by atoms with Crippen molar-refractivity contribution in [2.24, 2.45) is 0 Å². The number of H-pyrrole nitrogens is 1. The van der Waals surface area contributed by atoms with Gasteiger partial charge in [0.2, 0.25) is 0 Å². The van der Waals surface area contributed by atoms with E-state index in [0.29, 0.717) is 18.6 Å². The SMILES string of the molecule is N#Cc1c[nH]c2ccc(C[C@H]3COC(=O)N3)cc12. The summed E-state index contributed by atoms with van der Waals surface area (Å²) < 4.78 is 4.85. The Hall–Kier alpha value is -2.48. The fraction of sp³-hybridized carbons (Fsp3) is 0.231. The number of benzene rings is 1. The highest BCUT2D eigenvalue weighted by Crippen LogP contribution is 2.20. The molecular weight excluding hydrogens is 230 g/mol. The summed E-state index contributed by atoms with van der Waals surface area (Å²) >= 11 is 0. The monoisotopic (exact) mass is 241 g/mol. The number of hydrogen-bond acceptors (Lipinski definition) is 3. The number of cyclic esters (lactones) is 1. The number of nitriles is 1. The molecule has 1 atom stereocenters. The molecule has 90 valence electrons. The third-order valence-corrected chi connectivity index (χ3v) is 3.09. The molecule has 1 fully saturated rings. The molecule has 5 heteroatoms. The van der Waals surface area contributed by atoms with Crippen LogP contribution in [0.15, 0.2) is 24.4 Å². The minimum atomic E-state index is -0.361. The van der Waals surface area contributed by atoms with E-state index in [0.717, 1.165) is 16.5 Å². The normalized spacial score (nSPS) is 18.4. The van der Waals surface area contributed by atoms with Crippen LogP contribution in [0.5, 0.6) is 0 Å². The van der Waals surface area contributed by atoms with Crippen LogP contribution in [0.3, 0.4) is 0 Å². The number of alkyl carbamates (subject to hydrolysis) is 1. The zero-order valence-corrected chi connectivity index (χ0v) is 9.56. The summed E-state index contributed by atoms with van der Waals surface area (Å²) in [5, 5.41) is 12.6. The highest BCUT2D eigenvalue weighted by Gasteiger charge is 2.22. The Balaban J connectivity index is 1.88. The van der Waals surface area contributed by atoms with Crippen LogP contribution in [0.2, 0.25) is 0 Å². The molecule has 1 aromatic carbocycles. The van der Waals surface area contributed by atoms with Gasteiger partial charge < -0.3 is 15.0 Å². The van der Waals surface area contributed by atoms with Gasteiger partial charge in [-0.3, -0.25) is 0 Å². The van der Waals surface area contributed by atoms with Gasteiger partial charge in [-0.2, -0.15) is 5.26 Å². The lowest BCUT2D eigenvalue weighted by Crippen LogP contribution is -2.28. The molecule has 0 saturated carbocycles. The number of hydrogen-bond donors (Lipinski definition) is 2. The summed E-state index contributed by atoms with van der Waals surface area (Å²) in [6, 6.07) is 8.08. The molecular formula is C13H11N3O2. The summed E-state index contributed by atoms with van der Waals surface area (Å²) in [6.07, 6.45) is 2.05. The highest BCUT2D eigenvalue weighted by molar-refractivity contribution is 5.86. The van der Waals surface area contributed by atoms with E-state index in [-0.39, 0.29) is 12.1 Å². The summed E-state index contributed by atoms with van der Waals surface area (Å²) in [5.74, 6) is 0. The minimum Gasteiger partial charge on any atom is -0.447 e. The van der Waals surface area contributed by atoms with E-state index < -0.39 is 0 Å². The molecule has 1 aromatic heterocycles. The van der Waals surface area contributed by atoms with Crippen molar-refractivity contribution in [3.63, 3.8) is 0 Å². The second kappa shape index (κ2) is 4.08. The zero-order valence-electron chi connectivity index (χ0n) is 9.56. The van der Waals surface area contributed by atoms with Gasteiger partial charge in [0, 0.05) is 17.1 Å². The van der Waals surface area contributed by atoms with Gasteiger partial charge in [0.1, 0.15) is 12.7 Å². The number of nitrogens with one attached hydrogen (secondary N) is 2. The Bertz CT molecular complexity index is 654. The lowest BCUT2D eigenvalue weighted by atomic mass is 10.0. The average Bonchev–Trinajstić information content (AvgIpc) is 2.95. The number of nitrogens with zero attached hydrogens (tertiary/aromatic N) is 1. The first kappa shape index (κ1) is 10.7. The van der Waals surface area contributed by atoms with Crippen molar-refractivity contribution in [2.45, 2.75) is 12.5 Å². The van der Waals surface area contributed by atoms with Crippen LogP contribution in [0, 0.1) is 11.3 Å². The molecule has 5 nitrogen and oxygen atoms in total. The van der Waals surface area contributed by atoms with Crippen LogP contribution in [-0.2, 0) is 11.2 Å². The van der Waals surface area contributed by atoms with Crippen molar-refractivity contribution < 1.29 is 9.53 Å². The second-order valence-corrected chi connectivity index (χ2v) is 4.34. The number of fused-ring (bicyclic) bond motifs is 1. The van der Waals surface area contributed by atoms with Crippen molar-refractivity contribution in [1.29, 1.82) is 5.26 Å². The lowest BCUT2D eigenvalue weighted by Gasteiger charge is -2.07. The van der Waals surface area contributed by atoms with Crippen LogP contribution in [0.25, 0.3) is 10.9 Å². The number of rotatable bonds is 2. The van der Waals surface area contributed by atoms with Crippen molar-refractivity contribution in [3.05, 3.63) is 35.5 Å². The maximum Gasteiger partial charge on any atom is 0.407 e. The number of aromatic amines is 1. The lowest BCUT2D eigenvalue weighted by molar-refractivity contribution is 0.177. The van der Waals surface area contributed by atoms with Gasteiger partial charge in [0.05, 0.1) is 11.6 Å². The van der Waals surface area contributed by atoms with Gasteiger partial charge in [0.15, 0.2) is 0 Å². The van der Waals surface area contributed by atoms with Crippen molar-refractivity contribution in [3.8, 4) is 6.07 Å². The summed E-state index contributed by atoms with van der Waals surface area (Å²) in [4.78, 5) is 14.0. The third-order valence-electron chi connectivity index (χ3n) is 3.09. The van der Waals surface area contributed by atoms with Gasteiger partial charge in [-0.15, -0.1) is 0 Å². The Labute approximate surface area is 103 Å². The molecule has 0 bridgehead atoms.